The minimum absolute atomic E-state index is 0.105. The van der Waals surface area contributed by atoms with E-state index in [0.717, 1.165) is 75.6 Å². The van der Waals surface area contributed by atoms with Gasteiger partial charge in [0.25, 0.3) is 0 Å². The van der Waals surface area contributed by atoms with Crippen molar-refractivity contribution in [3.8, 4) is 5.75 Å². The maximum Gasteiger partial charge on any atom is 0.534 e. The Morgan fingerprint density at radius 3 is 1.59 bits per heavy atom. The van der Waals surface area contributed by atoms with Crippen molar-refractivity contribution in [1.29, 1.82) is 0 Å². The van der Waals surface area contributed by atoms with Gasteiger partial charge >= 0.3 is 27.8 Å². The molecule has 7 aliphatic rings. The Kier molecular flexibility index (Phi) is 15.0. The largest absolute Gasteiger partial charge is 0.534 e. The van der Waals surface area contributed by atoms with E-state index in [4.69, 9.17) is 23.7 Å². The average molecular weight is 1010 g/mol. The van der Waals surface area contributed by atoms with Gasteiger partial charge in [0.1, 0.15) is 39.8 Å². The van der Waals surface area contributed by atoms with E-state index < -0.39 is 44.0 Å². The number of carbonyl (C=O) groups is 2. The SMILES string of the molecule is CC(C)(C)OC(=O)N1CC2(C[C@H](N3CCC(c4cc(F)ccc4C4=CCOCC4)CC3)CO2)C1.CC(C)(C)OC(=O)N1CC2(C[C@H](N3CCC(c4cc(F)ccc4OS(=O)(=O)C(F)(F)F)CC3)CO2)C1. The van der Waals surface area contributed by atoms with Gasteiger partial charge in [0.15, 0.2) is 0 Å². The normalized spacial score (nSPS) is 24.6. The molecule has 6 saturated heterocycles. The van der Waals surface area contributed by atoms with Gasteiger partial charge in [-0.2, -0.15) is 21.6 Å². The fourth-order valence-electron chi connectivity index (χ4n) is 10.9. The van der Waals surface area contributed by atoms with Crippen molar-refractivity contribution in [3.05, 3.63) is 70.8 Å². The third-order valence-electron chi connectivity index (χ3n) is 14.3. The number of nitrogens with zero attached hydrogens (tertiary/aromatic N) is 4. The molecule has 0 bridgehead atoms. The highest BCUT2D eigenvalue weighted by molar-refractivity contribution is 7.88. The number of likely N-dealkylation sites (tertiary alicyclic amines) is 4. The average Bonchev–Trinajstić information content (AvgIpc) is 3.92. The van der Waals surface area contributed by atoms with Gasteiger partial charge in [-0.1, -0.05) is 12.1 Å². The van der Waals surface area contributed by atoms with E-state index in [0.29, 0.717) is 83.9 Å². The van der Waals surface area contributed by atoms with Gasteiger partial charge in [-0.05, 0) is 172 Å². The monoisotopic (exact) mass is 1010 g/mol. The molecule has 0 N–H and O–H groups in total. The zero-order chi connectivity index (χ0) is 50.4. The molecule has 0 aromatic heterocycles. The van der Waals surface area contributed by atoms with E-state index >= 15 is 0 Å². The van der Waals surface area contributed by atoms with Crippen LogP contribution in [0.25, 0.3) is 5.57 Å². The Morgan fingerprint density at radius 1 is 0.686 bits per heavy atom. The van der Waals surface area contributed by atoms with Gasteiger partial charge in [-0.25, -0.2) is 18.4 Å². The van der Waals surface area contributed by atoms with Crippen molar-refractivity contribution < 1.29 is 67.8 Å². The summed E-state index contributed by atoms with van der Waals surface area (Å²) in [5.74, 6) is -1.34. The topological polar surface area (TPSA) is 137 Å². The Bertz CT molecular complexity index is 2360. The lowest BCUT2D eigenvalue weighted by Gasteiger charge is -2.47. The maximum absolute atomic E-state index is 14.2. The van der Waals surface area contributed by atoms with Crippen molar-refractivity contribution in [2.24, 2.45) is 0 Å². The number of ether oxygens (including phenoxy) is 5. The molecule has 0 saturated carbocycles. The third kappa shape index (κ3) is 12.2. The smallest absolute Gasteiger partial charge is 0.444 e. The molecular formula is C50H67F5N4O10S. The summed E-state index contributed by atoms with van der Waals surface area (Å²) in [6, 6.07) is 8.60. The molecule has 2 aromatic rings. The van der Waals surface area contributed by atoms with Crippen LogP contribution < -0.4 is 4.18 Å². The quantitative estimate of drug-likeness (QED) is 0.149. The van der Waals surface area contributed by atoms with Gasteiger partial charge in [0, 0.05) is 17.6 Å². The highest BCUT2D eigenvalue weighted by atomic mass is 32.2. The summed E-state index contributed by atoms with van der Waals surface area (Å²) in [5.41, 5.74) is -3.53. The zero-order valence-corrected chi connectivity index (χ0v) is 41.8. The van der Waals surface area contributed by atoms with Crippen LogP contribution in [0.5, 0.6) is 5.75 Å². The van der Waals surface area contributed by atoms with E-state index in [1.54, 1.807) is 42.7 Å². The summed E-state index contributed by atoms with van der Waals surface area (Å²) in [6.07, 6.45) is 7.10. The second-order valence-corrected chi connectivity index (χ2v) is 23.5. The molecule has 388 valence electrons. The molecule has 2 amide bonds. The molecule has 9 rings (SSSR count). The molecule has 0 aliphatic carbocycles. The van der Waals surface area contributed by atoms with Crippen LogP contribution in [0.15, 0.2) is 42.5 Å². The first-order chi connectivity index (χ1) is 32.8. The van der Waals surface area contributed by atoms with Gasteiger partial charge in [0.2, 0.25) is 0 Å². The summed E-state index contributed by atoms with van der Waals surface area (Å²) in [6.45, 7) is 18.9. The van der Waals surface area contributed by atoms with Crippen molar-refractivity contribution in [2.45, 2.75) is 138 Å². The number of piperidine rings is 2. The van der Waals surface area contributed by atoms with E-state index in [1.165, 1.54) is 11.1 Å². The lowest BCUT2D eigenvalue weighted by Crippen LogP contribution is -2.64. The summed E-state index contributed by atoms with van der Waals surface area (Å²) < 4.78 is 122. The predicted octanol–water partition coefficient (Wildman–Crippen LogP) is 8.60. The fourth-order valence-corrected chi connectivity index (χ4v) is 11.4. The minimum Gasteiger partial charge on any atom is -0.444 e. The number of alkyl halides is 3. The number of hydrogen-bond acceptors (Lipinski definition) is 12. The van der Waals surface area contributed by atoms with Crippen molar-refractivity contribution in [1.82, 2.24) is 19.6 Å². The summed E-state index contributed by atoms with van der Waals surface area (Å²) in [4.78, 5) is 32.6. The van der Waals surface area contributed by atoms with Crippen LogP contribution in [-0.2, 0) is 33.8 Å². The summed E-state index contributed by atoms with van der Waals surface area (Å²) in [7, 11) is -5.87. The van der Waals surface area contributed by atoms with Crippen LogP contribution in [0, 0.1) is 11.6 Å². The van der Waals surface area contributed by atoms with E-state index in [9.17, 15) is 40.0 Å². The molecule has 70 heavy (non-hydrogen) atoms. The summed E-state index contributed by atoms with van der Waals surface area (Å²) >= 11 is 0. The molecule has 0 radical (unpaired) electrons. The first kappa shape index (κ1) is 52.2. The predicted molar refractivity (Wildman–Crippen MR) is 249 cm³/mol. The molecule has 6 fully saturated rings. The number of carbonyl (C=O) groups excluding carboxylic acids is 2. The van der Waals surface area contributed by atoms with Crippen LogP contribution >= 0.6 is 0 Å². The van der Waals surface area contributed by atoms with E-state index in [2.05, 4.69) is 20.1 Å². The number of benzene rings is 2. The van der Waals surface area contributed by atoms with Crippen LogP contribution in [0.3, 0.4) is 0 Å². The number of rotatable bonds is 7. The maximum atomic E-state index is 14.2. The highest BCUT2D eigenvalue weighted by Gasteiger charge is 2.55. The fraction of sp³-hybridized carbons (Fsp3) is 0.680. The van der Waals surface area contributed by atoms with Gasteiger partial charge in [0.05, 0.1) is 52.6 Å². The molecule has 7 heterocycles. The van der Waals surface area contributed by atoms with Gasteiger partial charge < -0.3 is 37.7 Å². The van der Waals surface area contributed by atoms with Crippen molar-refractivity contribution >= 4 is 27.9 Å². The van der Waals surface area contributed by atoms with Crippen LogP contribution in [0.2, 0.25) is 0 Å². The van der Waals surface area contributed by atoms with Crippen LogP contribution in [0.1, 0.15) is 115 Å². The Labute approximate surface area is 407 Å². The Hall–Kier alpha value is -4.08. The molecule has 14 nitrogen and oxygen atoms in total. The molecule has 2 aromatic carbocycles. The molecule has 20 heteroatoms. The molecule has 0 unspecified atom stereocenters. The van der Waals surface area contributed by atoms with E-state index in [-0.39, 0.29) is 41.1 Å². The first-order valence-electron chi connectivity index (χ1n) is 24.4. The van der Waals surface area contributed by atoms with Gasteiger partial charge in [-0.15, -0.1) is 0 Å². The first-order valence-corrected chi connectivity index (χ1v) is 25.8. The standard InChI is InChI=1S/C27H37FN2O4.C23H30F4N2O6S/c1-26(2,3)34-25(31)30-17-27(18-30)15-22(16-33-27)29-10-6-19(7-11-29)24-14-21(28)4-5-23(24)20-8-12-32-13-9-20;1-21(2,3)34-20(30)29-13-22(14-29)11-17(12-33-22)28-8-6-15(7-9-28)18-10-16(24)4-5-19(18)35-36(31,32)23(25,26)27/h4-5,8,14,19,22H,6-7,9-13,15-18H2,1-3H3;4-5,10,15,17H,6-9,11-14H2,1-3H3/t22-;17-/m00/s1. The molecule has 2 spiro atoms. The minimum atomic E-state index is -5.87. The summed E-state index contributed by atoms with van der Waals surface area (Å²) in [5, 5.41) is 0. The number of amides is 2. The van der Waals surface area contributed by atoms with Crippen LogP contribution in [-0.4, -0.2) is 159 Å². The lowest BCUT2D eigenvalue weighted by molar-refractivity contribution is -0.109. The Balaban J connectivity index is 0.000000188. The second-order valence-electron chi connectivity index (χ2n) is 21.9. The van der Waals surface area contributed by atoms with Crippen LogP contribution in [0.4, 0.5) is 31.5 Å². The molecule has 7 aliphatic heterocycles. The number of hydrogen-bond donors (Lipinski definition) is 0. The van der Waals surface area contributed by atoms with Gasteiger partial charge in [-0.3, -0.25) is 9.80 Å². The Morgan fingerprint density at radius 2 is 1.14 bits per heavy atom. The highest BCUT2D eigenvalue weighted by Crippen LogP contribution is 2.43. The lowest BCUT2D eigenvalue weighted by atomic mass is 9.82. The second kappa shape index (κ2) is 20.1. The van der Waals surface area contributed by atoms with E-state index in [1.807, 2.05) is 26.8 Å². The third-order valence-corrected chi connectivity index (χ3v) is 15.3. The van der Waals surface area contributed by atoms with Crippen molar-refractivity contribution in [2.75, 3.05) is 78.8 Å². The number of halogens is 5. The zero-order valence-electron chi connectivity index (χ0n) is 41.0. The molecule has 2 atom stereocenters. The van der Waals surface area contributed by atoms with Crippen molar-refractivity contribution in [3.63, 3.8) is 0 Å². The molecular weight excluding hydrogens is 944 g/mol.